The zero-order valence-electron chi connectivity index (χ0n) is 12.1. The number of rotatable bonds is 5. The Kier molecular flexibility index (Phi) is 4.71. The van der Waals surface area contributed by atoms with Gasteiger partial charge in [-0.05, 0) is 38.1 Å². The van der Waals surface area contributed by atoms with Crippen molar-refractivity contribution < 1.29 is 9.53 Å². The third kappa shape index (κ3) is 3.92. The molecule has 0 amide bonds. The summed E-state index contributed by atoms with van der Waals surface area (Å²) >= 11 is 0. The summed E-state index contributed by atoms with van der Waals surface area (Å²) in [4.78, 5) is 20.0. The van der Waals surface area contributed by atoms with Crippen molar-refractivity contribution in [2.24, 2.45) is 0 Å². The highest BCUT2D eigenvalue weighted by Crippen LogP contribution is 2.21. The molecule has 21 heavy (non-hydrogen) atoms. The predicted molar refractivity (Wildman–Crippen MR) is 80.9 cm³/mol. The molecule has 1 heterocycles. The number of aryl methyl sites for hydroxylation is 1. The average Bonchev–Trinajstić information content (AvgIpc) is 2.46. The van der Waals surface area contributed by atoms with Gasteiger partial charge in [-0.25, -0.2) is 14.8 Å². The number of nitrogens with zero attached hydrogens (tertiary/aromatic N) is 2. The van der Waals surface area contributed by atoms with Crippen molar-refractivity contribution in [1.29, 1.82) is 0 Å². The van der Waals surface area contributed by atoms with E-state index in [9.17, 15) is 4.79 Å². The number of carbonyl (C=O) groups excluding carboxylic acids is 1. The summed E-state index contributed by atoms with van der Waals surface area (Å²) in [5.74, 6) is 0.349. The lowest BCUT2D eigenvalue weighted by molar-refractivity contribution is 0.0526. The number of anilines is 2. The molecule has 3 N–H and O–H groups in total. The minimum Gasteiger partial charge on any atom is -0.462 e. The lowest BCUT2D eigenvalue weighted by atomic mass is 10.1. The van der Waals surface area contributed by atoms with Crippen LogP contribution in [-0.4, -0.2) is 22.5 Å². The molecule has 0 radical (unpaired) electrons. The summed E-state index contributed by atoms with van der Waals surface area (Å²) in [7, 11) is 0. The van der Waals surface area contributed by atoms with Crippen LogP contribution in [0.25, 0.3) is 0 Å². The van der Waals surface area contributed by atoms with Crippen molar-refractivity contribution in [3.8, 4) is 0 Å². The molecular formula is C15H18N4O2. The van der Waals surface area contributed by atoms with Crippen molar-refractivity contribution in [2.75, 3.05) is 17.7 Å². The second-order valence-electron chi connectivity index (χ2n) is 4.47. The van der Waals surface area contributed by atoms with Gasteiger partial charge in [-0.2, -0.15) is 0 Å². The van der Waals surface area contributed by atoms with E-state index in [1.54, 1.807) is 31.3 Å². The molecule has 2 rings (SSSR count). The van der Waals surface area contributed by atoms with Gasteiger partial charge in [0.1, 0.15) is 5.82 Å². The van der Waals surface area contributed by atoms with Gasteiger partial charge in [0.05, 0.1) is 35.8 Å². The first-order valence-electron chi connectivity index (χ1n) is 6.69. The van der Waals surface area contributed by atoms with Gasteiger partial charge >= 0.3 is 5.97 Å². The Labute approximate surface area is 123 Å². The van der Waals surface area contributed by atoms with E-state index in [1.807, 2.05) is 13.0 Å². The van der Waals surface area contributed by atoms with Gasteiger partial charge in [0, 0.05) is 6.20 Å². The van der Waals surface area contributed by atoms with E-state index in [2.05, 4.69) is 15.3 Å². The summed E-state index contributed by atoms with van der Waals surface area (Å²) in [5, 5.41) is 3.19. The lowest BCUT2D eigenvalue weighted by Crippen LogP contribution is -2.08. The van der Waals surface area contributed by atoms with E-state index in [1.165, 1.54) is 0 Å². The van der Waals surface area contributed by atoms with Crippen LogP contribution in [0.2, 0.25) is 0 Å². The normalized spacial score (nSPS) is 10.2. The summed E-state index contributed by atoms with van der Waals surface area (Å²) in [6.45, 7) is 4.48. The molecule has 0 aliphatic rings. The largest absolute Gasteiger partial charge is 0.462 e. The zero-order chi connectivity index (χ0) is 15.2. The van der Waals surface area contributed by atoms with Gasteiger partial charge in [-0.3, -0.25) is 0 Å². The number of benzene rings is 1. The molecule has 110 valence electrons. The molecule has 1 aromatic heterocycles. The topological polar surface area (TPSA) is 90.1 Å². The van der Waals surface area contributed by atoms with Crippen LogP contribution in [0, 0.1) is 6.92 Å². The first-order chi connectivity index (χ1) is 10.1. The highest BCUT2D eigenvalue weighted by molar-refractivity contribution is 5.91. The number of hydrogen-bond acceptors (Lipinski definition) is 6. The van der Waals surface area contributed by atoms with Crippen molar-refractivity contribution in [2.45, 2.75) is 20.4 Å². The van der Waals surface area contributed by atoms with Crippen LogP contribution in [0.5, 0.6) is 0 Å². The summed E-state index contributed by atoms with van der Waals surface area (Å²) in [6, 6.07) is 6.88. The van der Waals surface area contributed by atoms with E-state index in [0.717, 1.165) is 17.2 Å². The second kappa shape index (κ2) is 6.69. The third-order valence-electron chi connectivity index (χ3n) is 2.86. The van der Waals surface area contributed by atoms with Gasteiger partial charge in [0.15, 0.2) is 0 Å². The van der Waals surface area contributed by atoms with Gasteiger partial charge in [-0.15, -0.1) is 0 Å². The Hall–Kier alpha value is -2.63. The summed E-state index contributed by atoms with van der Waals surface area (Å²) in [6.07, 6.45) is 1.71. The molecular weight excluding hydrogens is 268 g/mol. The molecule has 0 aliphatic heterocycles. The van der Waals surface area contributed by atoms with Crippen LogP contribution in [0.4, 0.5) is 11.4 Å². The fourth-order valence-electron chi connectivity index (χ4n) is 1.85. The highest BCUT2D eigenvalue weighted by atomic mass is 16.5. The van der Waals surface area contributed by atoms with E-state index < -0.39 is 0 Å². The molecule has 0 saturated carbocycles. The molecule has 1 aromatic carbocycles. The summed E-state index contributed by atoms with van der Waals surface area (Å²) in [5.41, 5.74) is 8.50. The number of carbonyl (C=O) groups is 1. The van der Waals surface area contributed by atoms with Crippen LogP contribution in [0.1, 0.15) is 28.8 Å². The maximum atomic E-state index is 11.6. The van der Waals surface area contributed by atoms with Crippen LogP contribution in [0.15, 0.2) is 30.5 Å². The molecule has 6 heteroatoms. The van der Waals surface area contributed by atoms with E-state index in [0.29, 0.717) is 24.4 Å². The standard InChI is InChI=1S/C15H18N4O2/c1-3-21-15(20)11-4-5-14(13(16)8-11)18-9-12-6-7-17-10(2)19-12/h4-8,18H,3,9,16H2,1-2H3. The number of aromatic nitrogens is 2. The highest BCUT2D eigenvalue weighted by Gasteiger charge is 2.09. The molecule has 0 unspecified atom stereocenters. The summed E-state index contributed by atoms with van der Waals surface area (Å²) < 4.78 is 4.93. The van der Waals surface area contributed by atoms with Crippen molar-refractivity contribution in [3.05, 3.63) is 47.5 Å². The SMILES string of the molecule is CCOC(=O)c1ccc(NCc2ccnc(C)n2)c(N)c1. The molecule has 0 spiro atoms. The Morgan fingerprint density at radius 2 is 2.19 bits per heavy atom. The minimum absolute atomic E-state index is 0.339. The number of esters is 1. The monoisotopic (exact) mass is 286 g/mol. The number of nitrogen functional groups attached to an aromatic ring is 1. The van der Waals surface area contributed by atoms with E-state index in [4.69, 9.17) is 10.5 Å². The molecule has 0 fully saturated rings. The molecule has 0 atom stereocenters. The van der Waals surface area contributed by atoms with Gasteiger partial charge in [0.2, 0.25) is 0 Å². The quantitative estimate of drug-likeness (QED) is 0.646. The number of nitrogens with one attached hydrogen (secondary N) is 1. The fraction of sp³-hybridized carbons (Fsp3) is 0.267. The maximum absolute atomic E-state index is 11.6. The average molecular weight is 286 g/mol. The third-order valence-corrected chi connectivity index (χ3v) is 2.86. The first-order valence-corrected chi connectivity index (χ1v) is 6.69. The Balaban J connectivity index is 2.06. The van der Waals surface area contributed by atoms with Crippen LogP contribution >= 0.6 is 0 Å². The van der Waals surface area contributed by atoms with Crippen LogP contribution in [-0.2, 0) is 11.3 Å². The molecule has 0 aliphatic carbocycles. The van der Waals surface area contributed by atoms with Crippen molar-refractivity contribution >= 4 is 17.3 Å². The van der Waals surface area contributed by atoms with Gasteiger partial charge in [0.25, 0.3) is 0 Å². The minimum atomic E-state index is -0.373. The molecule has 0 saturated heterocycles. The van der Waals surface area contributed by atoms with Crippen molar-refractivity contribution in [1.82, 2.24) is 9.97 Å². The number of ether oxygens (including phenoxy) is 1. The second-order valence-corrected chi connectivity index (χ2v) is 4.47. The Morgan fingerprint density at radius 3 is 2.86 bits per heavy atom. The maximum Gasteiger partial charge on any atom is 0.338 e. The van der Waals surface area contributed by atoms with E-state index in [-0.39, 0.29) is 5.97 Å². The fourth-order valence-corrected chi connectivity index (χ4v) is 1.85. The first kappa shape index (κ1) is 14.8. The number of hydrogen-bond donors (Lipinski definition) is 2. The predicted octanol–water partition coefficient (Wildman–Crippen LogP) is 2.16. The van der Waals surface area contributed by atoms with Crippen LogP contribution in [0.3, 0.4) is 0 Å². The van der Waals surface area contributed by atoms with Crippen molar-refractivity contribution in [3.63, 3.8) is 0 Å². The van der Waals surface area contributed by atoms with Gasteiger partial charge in [-0.1, -0.05) is 0 Å². The van der Waals surface area contributed by atoms with Crippen LogP contribution < -0.4 is 11.1 Å². The smallest absolute Gasteiger partial charge is 0.338 e. The molecule has 6 nitrogen and oxygen atoms in total. The zero-order valence-corrected chi connectivity index (χ0v) is 12.1. The lowest BCUT2D eigenvalue weighted by Gasteiger charge is -2.10. The van der Waals surface area contributed by atoms with Gasteiger partial charge < -0.3 is 15.8 Å². The van der Waals surface area contributed by atoms with E-state index >= 15 is 0 Å². The Morgan fingerprint density at radius 1 is 1.38 bits per heavy atom. The molecule has 0 bridgehead atoms. The number of nitrogens with two attached hydrogens (primary N) is 1. The molecule has 2 aromatic rings. The Bertz CT molecular complexity index is 643.